The quantitative estimate of drug-likeness (QED) is 0.518. The van der Waals surface area contributed by atoms with Crippen molar-refractivity contribution in [2.75, 3.05) is 25.1 Å². The van der Waals surface area contributed by atoms with Crippen LogP contribution < -0.4 is 14.8 Å². The number of anilines is 1. The third kappa shape index (κ3) is 6.50. The number of halogens is 2. The van der Waals surface area contributed by atoms with E-state index in [1.807, 2.05) is 24.3 Å². The molecule has 0 unspecified atom stereocenters. The van der Waals surface area contributed by atoms with Crippen LogP contribution in [0, 0.1) is 0 Å². The maximum Gasteiger partial charge on any atom is 0.137 e. The smallest absolute Gasteiger partial charge is 0.137 e. The summed E-state index contributed by atoms with van der Waals surface area (Å²) in [6, 6.07) is 13.3. The summed E-state index contributed by atoms with van der Waals surface area (Å²) in [6.07, 6.45) is 2.96. The Bertz CT molecular complexity index is 635. The fraction of sp³-hybridized carbons (Fsp3) is 0.368. The van der Waals surface area contributed by atoms with Crippen molar-refractivity contribution in [1.29, 1.82) is 0 Å². The van der Waals surface area contributed by atoms with Crippen LogP contribution in [0.15, 0.2) is 42.5 Å². The molecule has 2 aromatic carbocycles. The zero-order valence-electron chi connectivity index (χ0n) is 13.9. The van der Waals surface area contributed by atoms with Crippen LogP contribution in [0.25, 0.3) is 0 Å². The molecule has 0 bridgehead atoms. The molecule has 0 spiro atoms. The van der Waals surface area contributed by atoms with Gasteiger partial charge < -0.3 is 14.8 Å². The molecule has 0 saturated heterocycles. The van der Waals surface area contributed by atoms with Gasteiger partial charge in [0.15, 0.2) is 0 Å². The van der Waals surface area contributed by atoms with Crippen molar-refractivity contribution in [3.63, 3.8) is 0 Å². The van der Waals surface area contributed by atoms with Gasteiger partial charge in [-0.3, -0.25) is 0 Å². The van der Waals surface area contributed by atoms with Gasteiger partial charge >= 0.3 is 0 Å². The standard InChI is InChI=1S/C19H23Cl2NO2/c1-2-11-23-17-7-5-6-16(14-17)22-10-3-4-12-24-19-9-8-15(20)13-18(19)21/h5-9,13-14,22H,2-4,10-12H2,1H3. The van der Waals surface area contributed by atoms with Crippen molar-refractivity contribution in [3.8, 4) is 11.5 Å². The van der Waals surface area contributed by atoms with E-state index in [1.54, 1.807) is 18.2 Å². The number of benzene rings is 2. The number of hydrogen-bond acceptors (Lipinski definition) is 3. The molecule has 0 atom stereocenters. The van der Waals surface area contributed by atoms with Crippen molar-refractivity contribution < 1.29 is 9.47 Å². The highest BCUT2D eigenvalue weighted by Crippen LogP contribution is 2.27. The van der Waals surface area contributed by atoms with Crippen LogP contribution in [-0.4, -0.2) is 19.8 Å². The zero-order chi connectivity index (χ0) is 17.2. The van der Waals surface area contributed by atoms with E-state index < -0.39 is 0 Å². The van der Waals surface area contributed by atoms with Crippen LogP contribution in [0.5, 0.6) is 11.5 Å². The van der Waals surface area contributed by atoms with E-state index in [0.29, 0.717) is 22.4 Å². The average molecular weight is 368 g/mol. The van der Waals surface area contributed by atoms with E-state index >= 15 is 0 Å². The van der Waals surface area contributed by atoms with E-state index in [-0.39, 0.29) is 0 Å². The summed E-state index contributed by atoms with van der Waals surface area (Å²) in [7, 11) is 0. The summed E-state index contributed by atoms with van der Waals surface area (Å²) in [5, 5.41) is 4.56. The second-order valence-electron chi connectivity index (χ2n) is 5.43. The number of rotatable bonds is 10. The third-order valence-corrected chi connectivity index (χ3v) is 3.89. The van der Waals surface area contributed by atoms with Gasteiger partial charge in [0.1, 0.15) is 11.5 Å². The molecule has 3 nitrogen and oxygen atoms in total. The second-order valence-corrected chi connectivity index (χ2v) is 6.28. The van der Waals surface area contributed by atoms with E-state index in [9.17, 15) is 0 Å². The number of nitrogens with one attached hydrogen (secondary N) is 1. The molecule has 5 heteroatoms. The van der Waals surface area contributed by atoms with Crippen LogP contribution in [0.2, 0.25) is 10.0 Å². The molecule has 2 rings (SSSR count). The second kappa shape index (κ2) is 10.3. The van der Waals surface area contributed by atoms with E-state index in [2.05, 4.69) is 12.2 Å². The van der Waals surface area contributed by atoms with Crippen LogP contribution in [0.4, 0.5) is 5.69 Å². The molecule has 0 saturated carbocycles. The molecular weight excluding hydrogens is 345 g/mol. The number of unbranched alkanes of at least 4 members (excludes halogenated alkanes) is 1. The van der Waals surface area contributed by atoms with Crippen molar-refractivity contribution >= 4 is 28.9 Å². The van der Waals surface area contributed by atoms with Gasteiger partial charge in [-0.05, 0) is 49.6 Å². The molecular formula is C19H23Cl2NO2. The lowest BCUT2D eigenvalue weighted by molar-refractivity contribution is 0.308. The topological polar surface area (TPSA) is 30.5 Å². The molecule has 130 valence electrons. The molecule has 0 aromatic heterocycles. The summed E-state index contributed by atoms with van der Waals surface area (Å²) in [6.45, 7) is 4.35. The van der Waals surface area contributed by atoms with Crippen molar-refractivity contribution in [1.82, 2.24) is 0 Å². The summed E-state index contributed by atoms with van der Waals surface area (Å²) >= 11 is 11.9. The van der Waals surface area contributed by atoms with Gasteiger partial charge in [0.2, 0.25) is 0 Å². The van der Waals surface area contributed by atoms with Crippen molar-refractivity contribution in [2.24, 2.45) is 0 Å². The molecule has 0 aliphatic rings. The maximum absolute atomic E-state index is 6.07. The fourth-order valence-electron chi connectivity index (χ4n) is 2.15. The maximum atomic E-state index is 6.07. The lowest BCUT2D eigenvalue weighted by Crippen LogP contribution is -2.05. The lowest BCUT2D eigenvalue weighted by Gasteiger charge is -2.10. The minimum absolute atomic E-state index is 0.546. The Morgan fingerprint density at radius 3 is 2.62 bits per heavy atom. The zero-order valence-corrected chi connectivity index (χ0v) is 15.4. The summed E-state index contributed by atoms with van der Waals surface area (Å²) in [5.74, 6) is 1.58. The lowest BCUT2D eigenvalue weighted by atomic mass is 10.2. The van der Waals surface area contributed by atoms with Crippen LogP contribution >= 0.6 is 23.2 Å². The molecule has 0 aliphatic carbocycles. The fourth-order valence-corrected chi connectivity index (χ4v) is 2.61. The molecule has 2 aromatic rings. The molecule has 0 heterocycles. The van der Waals surface area contributed by atoms with Crippen molar-refractivity contribution in [2.45, 2.75) is 26.2 Å². The SMILES string of the molecule is CCCOc1cccc(NCCCCOc2ccc(Cl)cc2Cl)c1. The first-order valence-corrected chi connectivity index (χ1v) is 8.99. The largest absolute Gasteiger partial charge is 0.494 e. The predicted octanol–water partition coefficient (Wildman–Crippen LogP) is 6.05. The average Bonchev–Trinajstić information content (AvgIpc) is 2.58. The number of ether oxygens (including phenoxy) is 2. The van der Waals surface area contributed by atoms with Crippen molar-refractivity contribution in [3.05, 3.63) is 52.5 Å². The number of hydrogen-bond donors (Lipinski definition) is 1. The molecule has 0 fully saturated rings. The van der Waals surface area contributed by atoms with Gasteiger partial charge in [0, 0.05) is 23.3 Å². The van der Waals surface area contributed by atoms with Gasteiger partial charge in [0.05, 0.1) is 18.2 Å². The Morgan fingerprint density at radius 1 is 0.958 bits per heavy atom. The van der Waals surface area contributed by atoms with Crippen LogP contribution in [-0.2, 0) is 0 Å². The van der Waals surface area contributed by atoms with E-state index in [0.717, 1.165) is 43.9 Å². The first-order chi connectivity index (χ1) is 11.7. The highest BCUT2D eigenvalue weighted by atomic mass is 35.5. The minimum Gasteiger partial charge on any atom is -0.494 e. The van der Waals surface area contributed by atoms with Gasteiger partial charge in [-0.15, -0.1) is 0 Å². The first-order valence-electron chi connectivity index (χ1n) is 8.23. The van der Waals surface area contributed by atoms with Gasteiger partial charge in [0.25, 0.3) is 0 Å². The Balaban J connectivity index is 1.64. The normalized spacial score (nSPS) is 10.5. The van der Waals surface area contributed by atoms with Gasteiger partial charge in [-0.1, -0.05) is 36.2 Å². The summed E-state index contributed by atoms with van der Waals surface area (Å²) in [4.78, 5) is 0. The minimum atomic E-state index is 0.546. The first kappa shape index (κ1) is 18.8. The summed E-state index contributed by atoms with van der Waals surface area (Å²) < 4.78 is 11.3. The van der Waals surface area contributed by atoms with Crippen LogP contribution in [0.1, 0.15) is 26.2 Å². The van der Waals surface area contributed by atoms with Crippen LogP contribution in [0.3, 0.4) is 0 Å². The molecule has 0 aliphatic heterocycles. The molecule has 24 heavy (non-hydrogen) atoms. The van der Waals surface area contributed by atoms with E-state index in [4.69, 9.17) is 32.7 Å². The Kier molecular flexibility index (Phi) is 8.06. The Labute approximate surface area is 153 Å². The molecule has 0 radical (unpaired) electrons. The molecule has 1 N–H and O–H groups in total. The monoisotopic (exact) mass is 367 g/mol. The predicted molar refractivity (Wildman–Crippen MR) is 102 cm³/mol. The Hall–Kier alpha value is -1.58. The third-order valence-electron chi connectivity index (χ3n) is 3.36. The van der Waals surface area contributed by atoms with Gasteiger partial charge in [-0.2, -0.15) is 0 Å². The van der Waals surface area contributed by atoms with Gasteiger partial charge in [-0.25, -0.2) is 0 Å². The highest BCUT2D eigenvalue weighted by Gasteiger charge is 2.02. The Morgan fingerprint density at radius 2 is 1.83 bits per heavy atom. The summed E-state index contributed by atoms with van der Waals surface area (Å²) in [5.41, 5.74) is 1.07. The molecule has 0 amide bonds. The highest BCUT2D eigenvalue weighted by molar-refractivity contribution is 6.35. The van der Waals surface area contributed by atoms with E-state index in [1.165, 1.54) is 0 Å².